The molecule has 0 fully saturated rings. The molecule has 1 aromatic heterocycles. The van der Waals surface area contributed by atoms with Crippen LogP contribution in [-0.4, -0.2) is 9.97 Å². The summed E-state index contributed by atoms with van der Waals surface area (Å²) in [6, 6.07) is 9.11. The van der Waals surface area contributed by atoms with Gasteiger partial charge in [0.25, 0.3) is 0 Å². The fraction of sp³-hybridized carbons (Fsp3) is 0.154. The number of halogens is 1. The molecule has 0 unspecified atom stereocenters. The molecule has 0 amide bonds. The third-order valence-corrected chi connectivity index (χ3v) is 2.97. The summed E-state index contributed by atoms with van der Waals surface area (Å²) in [4.78, 5) is 8.45. The average molecular weight is 259 g/mol. The Morgan fingerprint density at radius 1 is 1.17 bits per heavy atom. The lowest BCUT2D eigenvalue weighted by Gasteiger charge is -2.08. The number of aryl methyl sites for hydroxylation is 1. The van der Waals surface area contributed by atoms with Crippen molar-refractivity contribution in [2.75, 3.05) is 5.32 Å². The van der Waals surface area contributed by atoms with E-state index < -0.39 is 0 Å². The van der Waals surface area contributed by atoms with Gasteiger partial charge in [-0.2, -0.15) is 5.26 Å². The van der Waals surface area contributed by atoms with E-state index >= 15 is 0 Å². The molecule has 1 aromatic carbocycles. The summed E-state index contributed by atoms with van der Waals surface area (Å²) in [6.45, 7) is 3.76. The molecule has 0 saturated carbocycles. The zero-order chi connectivity index (χ0) is 13.1. The molecule has 0 aliphatic heterocycles. The number of hydrogen-bond acceptors (Lipinski definition) is 4. The lowest BCUT2D eigenvalue weighted by Crippen LogP contribution is -2.01. The standard InChI is InChI=1S/C13H11ClN4/c1-8-9(2)16-13(18-12(8)14)17-11-5-3-10(7-15)4-6-11/h3-6H,1-2H3,(H,16,17,18). The van der Waals surface area contributed by atoms with E-state index in [-0.39, 0.29) is 0 Å². The highest BCUT2D eigenvalue weighted by Gasteiger charge is 2.06. The summed E-state index contributed by atoms with van der Waals surface area (Å²) in [6.07, 6.45) is 0. The van der Waals surface area contributed by atoms with E-state index in [1.807, 2.05) is 13.8 Å². The van der Waals surface area contributed by atoms with Crippen molar-refractivity contribution < 1.29 is 0 Å². The smallest absolute Gasteiger partial charge is 0.228 e. The Labute approximate surface area is 110 Å². The minimum atomic E-state index is 0.443. The number of rotatable bonds is 2. The van der Waals surface area contributed by atoms with Crippen LogP contribution in [0.3, 0.4) is 0 Å². The lowest BCUT2D eigenvalue weighted by molar-refractivity contribution is 1.07. The van der Waals surface area contributed by atoms with Crippen LogP contribution in [0.25, 0.3) is 0 Å². The van der Waals surface area contributed by atoms with Crippen molar-refractivity contribution >= 4 is 23.2 Å². The van der Waals surface area contributed by atoms with Gasteiger partial charge >= 0.3 is 0 Å². The summed E-state index contributed by atoms with van der Waals surface area (Å²) in [5.74, 6) is 0.452. The van der Waals surface area contributed by atoms with Crippen LogP contribution in [0, 0.1) is 25.2 Å². The molecule has 18 heavy (non-hydrogen) atoms. The van der Waals surface area contributed by atoms with Gasteiger partial charge in [-0.05, 0) is 38.1 Å². The molecular formula is C13H11ClN4. The van der Waals surface area contributed by atoms with Crippen molar-refractivity contribution in [3.8, 4) is 6.07 Å². The van der Waals surface area contributed by atoms with Crippen LogP contribution >= 0.6 is 11.6 Å². The Morgan fingerprint density at radius 3 is 2.39 bits per heavy atom. The molecular weight excluding hydrogens is 248 g/mol. The highest BCUT2D eigenvalue weighted by atomic mass is 35.5. The summed E-state index contributed by atoms with van der Waals surface area (Å²) in [5, 5.41) is 12.2. The maximum absolute atomic E-state index is 8.71. The summed E-state index contributed by atoms with van der Waals surface area (Å²) >= 11 is 6.00. The molecule has 0 bridgehead atoms. The summed E-state index contributed by atoms with van der Waals surface area (Å²) < 4.78 is 0. The Balaban J connectivity index is 2.26. The first kappa shape index (κ1) is 12.3. The Hall–Kier alpha value is -2.12. The predicted octanol–water partition coefficient (Wildman–Crippen LogP) is 3.36. The number of nitrogens with one attached hydrogen (secondary N) is 1. The maximum atomic E-state index is 8.71. The summed E-state index contributed by atoms with van der Waals surface area (Å²) in [7, 11) is 0. The second kappa shape index (κ2) is 5.03. The number of hydrogen-bond donors (Lipinski definition) is 1. The normalized spacial score (nSPS) is 9.89. The van der Waals surface area contributed by atoms with Crippen LogP contribution in [0.5, 0.6) is 0 Å². The predicted molar refractivity (Wildman–Crippen MR) is 71.0 cm³/mol. The molecule has 4 nitrogen and oxygen atoms in total. The van der Waals surface area contributed by atoms with Crippen LogP contribution in [0.15, 0.2) is 24.3 Å². The Kier molecular flexibility index (Phi) is 3.45. The number of aromatic nitrogens is 2. The largest absolute Gasteiger partial charge is 0.324 e. The zero-order valence-corrected chi connectivity index (χ0v) is 10.8. The monoisotopic (exact) mass is 258 g/mol. The minimum Gasteiger partial charge on any atom is -0.324 e. The SMILES string of the molecule is Cc1nc(Nc2ccc(C#N)cc2)nc(Cl)c1C. The van der Waals surface area contributed by atoms with Gasteiger partial charge < -0.3 is 5.32 Å². The number of benzene rings is 1. The summed E-state index contributed by atoms with van der Waals surface area (Å²) in [5.41, 5.74) is 3.14. The lowest BCUT2D eigenvalue weighted by atomic mass is 10.2. The molecule has 2 aromatic rings. The first-order valence-electron chi connectivity index (χ1n) is 5.38. The molecule has 0 aliphatic carbocycles. The van der Waals surface area contributed by atoms with Gasteiger partial charge in [0.05, 0.1) is 11.6 Å². The molecule has 0 spiro atoms. The average Bonchev–Trinajstić information content (AvgIpc) is 2.37. The molecule has 0 aliphatic rings. The highest BCUT2D eigenvalue weighted by molar-refractivity contribution is 6.30. The molecule has 1 N–H and O–H groups in total. The van der Waals surface area contributed by atoms with Crippen molar-refractivity contribution in [1.29, 1.82) is 5.26 Å². The van der Waals surface area contributed by atoms with Crippen molar-refractivity contribution in [1.82, 2.24) is 9.97 Å². The minimum absolute atomic E-state index is 0.443. The van der Waals surface area contributed by atoms with Crippen molar-refractivity contribution in [2.24, 2.45) is 0 Å². The molecule has 0 saturated heterocycles. The van der Waals surface area contributed by atoms with E-state index in [4.69, 9.17) is 16.9 Å². The van der Waals surface area contributed by atoms with Gasteiger partial charge in [-0.15, -0.1) is 0 Å². The fourth-order valence-corrected chi connectivity index (χ4v) is 1.62. The number of anilines is 2. The van der Waals surface area contributed by atoms with Gasteiger partial charge in [0.2, 0.25) is 5.95 Å². The molecule has 2 rings (SSSR count). The number of nitrogens with zero attached hydrogens (tertiary/aromatic N) is 3. The zero-order valence-electron chi connectivity index (χ0n) is 10.0. The molecule has 5 heteroatoms. The van der Waals surface area contributed by atoms with E-state index in [2.05, 4.69) is 21.4 Å². The molecule has 1 heterocycles. The van der Waals surface area contributed by atoms with E-state index in [1.54, 1.807) is 24.3 Å². The Bertz CT molecular complexity index is 591. The van der Waals surface area contributed by atoms with E-state index in [0.29, 0.717) is 16.7 Å². The van der Waals surface area contributed by atoms with Gasteiger partial charge in [-0.25, -0.2) is 9.97 Å². The van der Waals surface area contributed by atoms with E-state index in [9.17, 15) is 0 Å². The van der Waals surface area contributed by atoms with Crippen LogP contribution in [-0.2, 0) is 0 Å². The first-order valence-corrected chi connectivity index (χ1v) is 5.76. The van der Waals surface area contributed by atoms with Crippen molar-refractivity contribution in [3.05, 3.63) is 46.2 Å². The number of nitriles is 1. The van der Waals surface area contributed by atoms with Crippen LogP contribution in [0.1, 0.15) is 16.8 Å². The topological polar surface area (TPSA) is 61.6 Å². The maximum Gasteiger partial charge on any atom is 0.228 e. The third-order valence-electron chi connectivity index (χ3n) is 2.60. The van der Waals surface area contributed by atoms with E-state index in [1.165, 1.54) is 0 Å². The van der Waals surface area contributed by atoms with Crippen LogP contribution < -0.4 is 5.32 Å². The highest BCUT2D eigenvalue weighted by Crippen LogP contribution is 2.19. The van der Waals surface area contributed by atoms with Crippen molar-refractivity contribution in [3.63, 3.8) is 0 Å². The van der Waals surface area contributed by atoms with Gasteiger partial charge in [0.15, 0.2) is 0 Å². The Morgan fingerprint density at radius 2 is 1.83 bits per heavy atom. The first-order chi connectivity index (χ1) is 8.60. The second-order valence-electron chi connectivity index (χ2n) is 3.86. The molecule has 0 atom stereocenters. The quantitative estimate of drug-likeness (QED) is 0.839. The van der Waals surface area contributed by atoms with Crippen LogP contribution in [0.4, 0.5) is 11.6 Å². The van der Waals surface area contributed by atoms with Crippen LogP contribution in [0.2, 0.25) is 5.15 Å². The van der Waals surface area contributed by atoms with Gasteiger partial charge in [0, 0.05) is 16.9 Å². The van der Waals surface area contributed by atoms with Gasteiger partial charge in [0.1, 0.15) is 5.15 Å². The fourth-order valence-electron chi connectivity index (χ4n) is 1.41. The molecule has 90 valence electrons. The van der Waals surface area contributed by atoms with Gasteiger partial charge in [-0.1, -0.05) is 11.6 Å². The second-order valence-corrected chi connectivity index (χ2v) is 4.22. The third kappa shape index (κ3) is 2.58. The van der Waals surface area contributed by atoms with Gasteiger partial charge in [-0.3, -0.25) is 0 Å². The van der Waals surface area contributed by atoms with E-state index in [0.717, 1.165) is 16.9 Å². The molecule has 0 radical (unpaired) electrons. The van der Waals surface area contributed by atoms with Crippen molar-refractivity contribution in [2.45, 2.75) is 13.8 Å².